The number of halogens is 1. The molecule has 0 unspecified atom stereocenters. The Morgan fingerprint density at radius 1 is 1.12 bits per heavy atom. The Morgan fingerprint density at radius 2 is 1.79 bits per heavy atom. The predicted molar refractivity (Wildman–Crippen MR) is 89.9 cm³/mol. The lowest BCUT2D eigenvalue weighted by molar-refractivity contribution is -0.113. The van der Waals surface area contributed by atoms with Crippen LogP contribution >= 0.6 is 11.6 Å². The van der Waals surface area contributed by atoms with Gasteiger partial charge in [-0.1, -0.05) is 29.8 Å². The van der Waals surface area contributed by atoms with Gasteiger partial charge in [-0.3, -0.25) is 4.79 Å². The van der Waals surface area contributed by atoms with E-state index in [1.54, 1.807) is 18.2 Å². The van der Waals surface area contributed by atoms with Crippen molar-refractivity contribution in [2.75, 3.05) is 18.2 Å². The molecule has 0 atom stereocenters. The van der Waals surface area contributed by atoms with E-state index in [1.807, 2.05) is 0 Å². The van der Waals surface area contributed by atoms with Gasteiger partial charge in [-0.15, -0.1) is 0 Å². The van der Waals surface area contributed by atoms with Gasteiger partial charge in [0.1, 0.15) is 5.75 Å². The molecule has 126 valence electrons. The summed E-state index contributed by atoms with van der Waals surface area (Å²) in [5, 5.41) is 2.59. The van der Waals surface area contributed by atoms with Crippen molar-refractivity contribution in [3.05, 3.63) is 59.1 Å². The van der Waals surface area contributed by atoms with E-state index in [2.05, 4.69) is 10.1 Å². The van der Waals surface area contributed by atoms with Crippen LogP contribution in [0.5, 0.6) is 0 Å². The van der Waals surface area contributed by atoms with Crippen molar-refractivity contribution in [2.45, 2.75) is 4.90 Å². The first-order valence-corrected chi connectivity index (χ1v) is 8.82. The van der Waals surface area contributed by atoms with Gasteiger partial charge >= 0.3 is 5.97 Å². The molecule has 2 rings (SSSR count). The van der Waals surface area contributed by atoms with Crippen LogP contribution in [0.2, 0.25) is 5.02 Å². The number of methoxy groups -OCH3 is 1. The number of sulfone groups is 1. The number of amides is 1. The number of carbonyl (C=O) groups excluding carboxylic acids is 2. The smallest absolute Gasteiger partial charge is 0.339 e. The third-order valence-corrected chi connectivity index (χ3v) is 5.04. The van der Waals surface area contributed by atoms with E-state index < -0.39 is 27.5 Å². The van der Waals surface area contributed by atoms with Gasteiger partial charge in [0.25, 0.3) is 0 Å². The molecule has 0 spiro atoms. The molecule has 1 amide bonds. The number of hydrogen-bond acceptors (Lipinski definition) is 5. The summed E-state index contributed by atoms with van der Waals surface area (Å²) in [5.74, 6) is -2.10. The maximum atomic E-state index is 12.2. The van der Waals surface area contributed by atoms with Crippen molar-refractivity contribution in [1.82, 2.24) is 0 Å². The van der Waals surface area contributed by atoms with Crippen molar-refractivity contribution in [2.24, 2.45) is 0 Å². The van der Waals surface area contributed by atoms with E-state index in [0.717, 1.165) is 0 Å². The SMILES string of the molecule is COC(=O)c1cc(NC(=O)CS(=O)(=O)c2ccccc2)ccc1Cl. The molecule has 0 aliphatic rings. The van der Waals surface area contributed by atoms with Gasteiger partial charge in [0.05, 0.1) is 22.6 Å². The Bertz CT molecular complexity index is 865. The fourth-order valence-electron chi connectivity index (χ4n) is 1.95. The molecule has 0 radical (unpaired) electrons. The molecular formula is C16H14ClNO5S. The molecule has 2 aromatic carbocycles. The summed E-state index contributed by atoms with van der Waals surface area (Å²) in [7, 11) is -2.54. The third kappa shape index (κ3) is 4.33. The van der Waals surface area contributed by atoms with Crippen molar-refractivity contribution in [3.63, 3.8) is 0 Å². The van der Waals surface area contributed by atoms with Gasteiger partial charge in [-0.05, 0) is 30.3 Å². The van der Waals surface area contributed by atoms with Gasteiger partial charge in [-0.2, -0.15) is 0 Å². The van der Waals surface area contributed by atoms with E-state index in [4.69, 9.17) is 11.6 Å². The molecule has 6 nitrogen and oxygen atoms in total. The van der Waals surface area contributed by atoms with Crippen LogP contribution in [0.4, 0.5) is 5.69 Å². The molecule has 0 heterocycles. The molecule has 0 saturated carbocycles. The van der Waals surface area contributed by atoms with E-state index in [-0.39, 0.29) is 21.2 Å². The Hall–Kier alpha value is -2.38. The average Bonchev–Trinajstić information content (AvgIpc) is 2.56. The highest BCUT2D eigenvalue weighted by Gasteiger charge is 2.20. The zero-order valence-corrected chi connectivity index (χ0v) is 14.2. The van der Waals surface area contributed by atoms with Gasteiger partial charge in [0.15, 0.2) is 9.84 Å². The summed E-state index contributed by atoms with van der Waals surface area (Å²) in [5.41, 5.74) is 0.316. The van der Waals surface area contributed by atoms with Crippen LogP contribution in [0.25, 0.3) is 0 Å². The minimum Gasteiger partial charge on any atom is -0.465 e. The van der Waals surface area contributed by atoms with Gasteiger partial charge < -0.3 is 10.1 Å². The topological polar surface area (TPSA) is 89.5 Å². The Balaban J connectivity index is 2.14. The molecule has 0 aromatic heterocycles. The Morgan fingerprint density at radius 3 is 2.42 bits per heavy atom. The van der Waals surface area contributed by atoms with Crippen molar-refractivity contribution >= 4 is 39.0 Å². The summed E-state index contributed by atoms with van der Waals surface area (Å²) in [6, 6.07) is 11.9. The first-order chi connectivity index (χ1) is 11.3. The zero-order chi connectivity index (χ0) is 17.7. The largest absolute Gasteiger partial charge is 0.465 e. The molecular weight excluding hydrogens is 354 g/mol. The molecule has 2 aromatic rings. The normalized spacial score (nSPS) is 10.9. The second kappa shape index (κ2) is 7.46. The van der Waals surface area contributed by atoms with Crippen LogP contribution in [0.1, 0.15) is 10.4 Å². The number of rotatable bonds is 5. The maximum absolute atomic E-state index is 12.2. The van der Waals surface area contributed by atoms with Gasteiger partial charge in [0.2, 0.25) is 5.91 Å². The number of benzene rings is 2. The quantitative estimate of drug-likeness (QED) is 0.820. The highest BCUT2D eigenvalue weighted by Crippen LogP contribution is 2.21. The summed E-state index contributed by atoms with van der Waals surface area (Å²) in [6.45, 7) is 0. The molecule has 1 N–H and O–H groups in total. The van der Waals surface area contributed by atoms with E-state index in [0.29, 0.717) is 0 Å². The first-order valence-electron chi connectivity index (χ1n) is 6.79. The summed E-state index contributed by atoms with van der Waals surface area (Å²) in [4.78, 5) is 23.6. The Kier molecular flexibility index (Phi) is 5.58. The number of hydrogen-bond donors (Lipinski definition) is 1. The molecule has 0 bridgehead atoms. The highest BCUT2D eigenvalue weighted by molar-refractivity contribution is 7.92. The van der Waals surface area contributed by atoms with Crippen molar-refractivity contribution < 1.29 is 22.7 Å². The molecule has 0 fully saturated rings. The standard InChI is InChI=1S/C16H14ClNO5S/c1-23-16(20)13-9-11(7-8-14(13)17)18-15(19)10-24(21,22)12-5-3-2-4-6-12/h2-9H,10H2,1H3,(H,18,19). The highest BCUT2D eigenvalue weighted by atomic mass is 35.5. The fraction of sp³-hybridized carbons (Fsp3) is 0.125. The lowest BCUT2D eigenvalue weighted by atomic mass is 10.2. The van der Waals surface area contributed by atoms with Gasteiger partial charge in [-0.25, -0.2) is 13.2 Å². The van der Waals surface area contributed by atoms with E-state index in [9.17, 15) is 18.0 Å². The van der Waals surface area contributed by atoms with Crippen LogP contribution in [-0.4, -0.2) is 33.2 Å². The predicted octanol–water partition coefficient (Wildman–Crippen LogP) is 2.54. The number of ether oxygens (including phenoxy) is 1. The van der Waals surface area contributed by atoms with Crippen LogP contribution in [0.15, 0.2) is 53.4 Å². The third-order valence-electron chi connectivity index (χ3n) is 3.08. The molecule has 0 aliphatic carbocycles. The average molecular weight is 368 g/mol. The maximum Gasteiger partial charge on any atom is 0.339 e. The molecule has 0 aliphatic heterocycles. The second-order valence-corrected chi connectivity index (χ2v) is 7.20. The van der Waals surface area contributed by atoms with Crippen LogP contribution in [0.3, 0.4) is 0 Å². The van der Waals surface area contributed by atoms with Crippen molar-refractivity contribution in [1.29, 1.82) is 0 Å². The lowest BCUT2D eigenvalue weighted by Gasteiger charge is -2.09. The number of esters is 1. The summed E-state index contributed by atoms with van der Waals surface area (Å²) < 4.78 is 28.9. The molecule has 8 heteroatoms. The summed E-state index contributed by atoms with van der Waals surface area (Å²) >= 11 is 5.88. The van der Waals surface area contributed by atoms with Crippen LogP contribution < -0.4 is 5.32 Å². The van der Waals surface area contributed by atoms with Gasteiger partial charge in [0, 0.05) is 5.69 Å². The Labute approximate surface area is 144 Å². The molecule has 0 saturated heterocycles. The number of carbonyl (C=O) groups is 2. The molecule has 24 heavy (non-hydrogen) atoms. The number of nitrogens with one attached hydrogen (secondary N) is 1. The van der Waals surface area contributed by atoms with Crippen LogP contribution in [0, 0.1) is 0 Å². The monoisotopic (exact) mass is 367 g/mol. The van der Waals surface area contributed by atoms with E-state index in [1.165, 1.54) is 37.4 Å². The van der Waals surface area contributed by atoms with Crippen molar-refractivity contribution in [3.8, 4) is 0 Å². The van der Waals surface area contributed by atoms with E-state index >= 15 is 0 Å². The zero-order valence-electron chi connectivity index (χ0n) is 12.7. The first kappa shape index (κ1) is 18.0. The minimum atomic E-state index is -3.75. The number of anilines is 1. The second-order valence-electron chi connectivity index (χ2n) is 4.81. The fourth-order valence-corrected chi connectivity index (χ4v) is 3.30. The summed E-state index contributed by atoms with van der Waals surface area (Å²) in [6.07, 6.45) is 0. The van der Waals surface area contributed by atoms with Crippen LogP contribution in [-0.2, 0) is 19.4 Å². The minimum absolute atomic E-state index is 0.0616. The lowest BCUT2D eigenvalue weighted by Crippen LogP contribution is -2.23.